The summed E-state index contributed by atoms with van der Waals surface area (Å²) in [7, 11) is 0. The number of anilines is 1. The molecule has 0 fully saturated rings. The maximum absolute atomic E-state index is 8.77. The van der Waals surface area contributed by atoms with Crippen molar-refractivity contribution in [1.82, 2.24) is 19.4 Å². The fourth-order valence-corrected chi connectivity index (χ4v) is 2.44. The predicted octanol–water partition coefficient (Wildman–Crippen LogP) is 1.87. The van der Waals surface area contributed by atoms with Crippen LogP contribution in [0.3, 0.4) is 0 Å². The summed E-state index contributed by atoms with van der Waals surface area (Å²) in [5.41, 5.74) is 7.79. The lowest BCUT2D eigenvalue weighted by Gasteiger charge is -2.00. The van der Waals surface area contributed by atoms with Gasteiger partial charge in [-0.3, -0.25) is 0 Å². The first kappa shape index (κ1) is 12.4. The summed E-state index contributed by atoms with van der Waals surface area (Å²) >= 11 is 1.43. The maximum atomic E-state index is 8.77. The lowest BCUT2D eigenvalue weighted by Crippen LogP contribution is -1.98. The first-order valence-corrected chi connectivity index (χ1v) is 6.83. The minimum absolute atomic E-state index is 0.208. The number of rotatable bonds is 3. The van der Waals surface area contributed by atoms with E-state index in [9.17, 15) is 0 Å². The second-order valence-corrected chi connectivity index (χ2v) is 4.99. The van der Waals surface area contributed by atoms with Gasteiger partial charge in [-0.1, -0.05) is 17.8 Å². The number of nitrogen functional groups attached to an aromatic ring is 1. The van der Waals surface area contributed by atoms with Gasteiger partial charge in [0.1, 0.15) is 23.1 Å². The highest BCUT2D eigenvalue weighted by Crippen LogP contribution is 2.20. The second-order valence-electron chi connectivity index (χ2n) is 4.05. The summed E-state index contributed by atoms with van der Waals surface area (Å²) in [5.74, 6) is 0.854. The van der Waals surface area contributed by atoms with Gasteiger partial charge in [-0.2, -0.15) is 5.26 Å². The molecule has 0 saturated heterocycles. The van der Waals surface area contributed by atoms with Crippen molar-refractivity contribution < 1.29 is 0 Å². The number of nitrogens with two attached hydrogens (primary N) is 1. The Labute approximate surface area is 119 Å². The van der Waals surface area contributed by atoms with Crippen LogP contribution in [-0.4, -0.2) is 19.4 Å². The number of hydrogen-bond donors (Lipinski definition) is 1. The van der Waals surface area contributed by atoms with E-state index >= 15 is 0 Å². The quantitative estimate of drug-likeness (QED) is 0.582. The Morgan fingerprint density at radius 3 is 3.00 bits per heavy atom. The Morgan fingerprint density at radius 2 is 2.25 bits per heavy atom. The van der Waals surface area contributed by atoms with Crippen molar-refractivity contribution in [1.29, 1.82) is 5.26 Å². The van der Waals surface area contributed by atoms with E-state index in [0.29, 0.717) is 16.5 Å². The molecular formula is C13H10N6S. The Balaban J connectivity index is 1.76. The van der Waals surface area contributed by atoms with Crippen molar-refractivity contribution in [3.8, 4) is 6.07 Å². The molecule has 0 aliphatic rings. The van der Waals surface area contributed by atoms with Gasteiger partial charge in [0.2, 0.25) is 0 Å². The van der Waals surface area contributed by atoms with Crippen molar-refractivity contribution in [2.24, 2.45) is 0 Å². The predicted molar refractivity (Wildman–Crippen MR) is 75.9 cm³/mol. The molecule has 0 aliphatic heterocycles. The zero-order chi connectivity index (χ0) is 13.9. The fourth-order valence-electron chi connectivity index (χ4n) is 1.73. The van der Waals surface area contributed by atoms with Gasteiger partial charge < -0.3 is 10.1 Å². The van der Waals surface area contributed by atoms with Crippen molar-refractivity contribution in [2.45, 2.75) is 10.9 Å². The number of pyridine rings is 1. The molecule has 0 saturated carbocycles. The van der Waals surface area contributed by atoms with Gasteiger partial charge in [-0.15, -0.1) is 0 Å². The third kappa shape index (κ3) is 2.41. The number of nitriles is 1. The molecule has 0 bridgehead atoms. The normalized spacial score (nSPS) is 10.6. The molecular weight excluding hydrogens is 272 g/mol. The Morgan fingerprint density at radius 1 is 1.35 bits per heavy atom. The summed E-state index contributed by atoms with van der Waals surface area (Å²) in [6, 6.07) is 7.79. The summed E-state index contributed by atoms with van der Waals surface area (Å²) in [6.45, 7) is 0. The Hall–Kier alpha value is -2.59. The van der Waals surface area contributed by atoms with E-state index in [1.165, 1.54) is 18.0 Å². The van der Waals surface area contributed by atoms with Crippen molar-refractivity contribution >= 4 is 23.2 Å². The summed E-state index contributed by atoms with van der Waals surface area (Å²) in [5, 5.41) is 9.31. The minimum Gasteiger partial charge on any atom is -0.382 e. The molecule has 98 valence electrons. The lowest BCUT2D eigenvalue weighted by molar-refractivity contribution is 0.967. The fraction of sp³-hybridized carbons (Fsp3) is 0.0769. The van der Waals surface area contributed by atoms with E-state index in [1.54, 1.807) is 0 Å². The van der Waals surface area contributed by atoms with Crippen molar-refractivity contribution in [3.05, 3.63) is 48.0 Å². The topological polar surface area (TPSA) is 92.9 Å². The van der Waals surface area contributed by atoms with Crippen LogP contribution in [0.15, 0.2) is 41.9 Å². The number of imidazole rings is 1. The average Bonchev–Trinajstić information content (AvgIpc) is 2.88. The molecule has 0 unspecified atom stereocenters. The molecule has 3 aromatic rings. The van der Waals surface area contributed by atoms with Gasteiger partial charge in [0, 0.05) is 18.1 Å². The van der Waals surface area contributed by atoms with Crippen LogP contribution in [0.4, 0.5) is 5.82 Å². The van der Waals surface area contributed by atoms with Gasteiger partial charge in [0.05, 0.1) is 11.9 Å². The minimum atomic E-state index is 0.208. The van der Waals surface area contributed by atoms with Crippen molar-refractivity contribution in [3.63, 3.8) is 0 Å². The molecule has 20 heavy (non-hydrogen) atoms. The molecule has 6 nitrogen and oxygen atoms in total. The molecule has 0 aliphatic carbocycles. The van der Waals surface area contributed by atoms with Gasteiger partial charge in [0.25, 0.3) is 0 Å². The molecule has 0 atom stereocenters. The molecule has 3 heterocycles. The SMILES string of the molecule is N#Cc1cnc(SCc2cn3ccccc3n2)nc1N. The van der Waals surface area contributed by atoms with Crippen LogP contribution in [-0.2, 0) is 5.75 Å². The number of aromatic nitrogens is 4. The monoisotopic (exact) mass is 282 g/mol. The largest absolute Gasteiger partial charge is 0.382 e. The zero-order valence-corrected chi connectivity index (χ0v) is 11.2. The Bertz CT molecular complexity index is 771. The summed E-state index contributed by atoms with van der Waals surface area (Å²) in [6.07, 6.45) is 5.36. The number of thioether (sulfide) groups is 1. The molecule has 2 N–H and O–H groups in total. The standard InChI is InChI=1S/C13H10N6S/c14-5-9-6-16-13(18-12(9)15)20-8-10-7-19-4-2-1-3-11(19)17-10/h1-4,6-7H,8H2,(H2,15,16,18). The van der Waals surface area contributed by atoms with Gasteiger partial charge in [-0.25, -0.2) is 15.0 Å². The molecule has 0 spiro atoms. The van der Waals surface area contributed by atoms with Crippen molar-refractivity contribution in [2.75, 3.05) is 5.73 Å². The lowest BCUT2D eigenvalue weighted by atomic mass is 10.3. The van der Waals surface area contributed by atoms with E-state index in [-0.39, 0.29) is 5.82 Å². The molecule has 3 rings (SSSR count). The third-order valence-corrected chi connectivity index (χ3v) is 3.57. The third-order valence-electron chi connectivity index (χ3n) is 2.68. The summed E-state index contributed by atoms with van der Waals surface area (Å²) < 4.78 is 1.96. The zero-order valence-electron chi connectivity index (χ0n) is 10.4. The van der Waals surface area contributed by atoms with E-state index in [1.807, 2.05) is 41.1 Å². The highest BCUT2D eigenvalue weighted by molar-refractivity contribution is 7.98. The maximum Gasteiger partial charge on any atom is 0.189 e. The first-order chi connectivity index (χ1) is 9.76. The molecule has 0 aromatic carbocycles. The summed E-state index contributed by atoms with van der Waals surface area (Å²) in [4.78, 5) is 12.7. The van der Waals surface area contributed by atoms with E-state index in [2.05, 4.69) is 15.0 Å². The van der Waals surface area contributed by atoms with E-state index in [4.69, 9.17) is 11.0 Å². The highest BCUT2D eigenvalue weighted by Gasteiger charge is 2.06. The van der Waals surface area contributed by atoms with Crippen LogP contribution in [0.5, 0.6) is 0 Å². The highest BCUT2D eigenvalue weighted by atomic mass is 32.2. The van der Waals surface area contributed by atoms with Crippen LogP contribution in [0.1, 0.15) is 11.3 Å². The number of nitrogens with zero attached hydrogens (tertiary/aromatic N) is 5. The average molecular weight is 282 g/mol. The number of hydrogen-bond acceptors (Lipinski definition) is 6. The van der Waals surface area contributed by atoms with Crippen LogP contribution in [0.25, 0.3) is 5.65 Å². The molecule has 7 heteroatoms. The smallest absolute Gasteiger partial charge is 0.189 e. The van der Waals surface area contributed by atoms with Crippen LogP contribution in [0.2, 0.25) is 0 Å². The van der Waals surface area contributed by atoms with Gasteiger partial charge in [0.15, 0.2) is 5.16 Å². The van der Waals surface area contributed by atoms with Gasteiger partial charge in [-0.05, 0) is 12.1 Å². The van der Waals surface area contributed by atoms with E-state index < -0.39 is 0 Å². The van der Waals surface area contributed by atoms with Crippen LogP contribution < -0.4 is 5.73 Å². The Kier molecular flexibility index (Phi) is 3.23. The molecule has 3 aromatic heterocycles. The van der Waals surface area contributed by atoms with Crippen LogP contribution in [0, 0.1) is 11.3 Å². The van der Waals surface area contributed by atoms with Gasteiger partial charge >= 0.3 is 0 Å². The van der Waals surface area contributed by atoms with Crippen LogP contribution >= 0.6 is 11.8 Å². The second kappa shape index (κ2) is 5.19. The molecule has 0 amide bonds. The number of fused-ring (bicyclic) bond motifs is 1. The van der Waals surface area contributed by atoms with E-state index in [0.717, 1.165) is 11.3 Å². The first-order valence-electron chi connectivity index (χ1n) is 5.84. The molecule has 0 radical (unpaired) electrons.